The summed E-state index contributed by atoms with van der Waals surface area (Å²) < 4.78 is 0. The first-order chi connectivity index (χ1) is 8.45. The quantitative estimate of drug-likeness (QED) is 0.798. The molecule has 0 fully saturated rings. The number of rotatable bonds is 5. The summed E-state index contributed by atoms with van der Waals surface area (Å²) in [7, 11) is 0. The minimum Gasteiger partial charge on any atom is -0.507 e. The SMILES string of the molecule is CCN(CCC(N)=S)C(=O)c1cc(C)ccc1O. The Morgan fingerprint density at radius 1 is 1.50 bits per heavy atom. The smallest absolute Gasteiger partial charge is 0.257 e. The van der Waals surface area contributed by atoms with Gasteiger partial charge in [0, 0.05) is 19.5 Å². The van der Waals surface area contributed by atoms with Crippen LogP contribution in [0.1, 0.15) is 29.3 Å². The summed E-state index contributed by atoms with van der Waals surface area (Å²) in [6.45, 7) is 4.78. The van der Waals surface area contributed by atoms with Crippen molar-refractivity contribution in [2.75, 3.05) is 13.1 Å². The predicted octanol–water partition coefficient (Wildman–Crippen LogP) is 1.84. The molecule has 98 valence electrons. The van der Waals surface area contributed by atoms with Crippen LogP contribution in [0.3, 0.4) is 0 Å². The Balaban J connectivity index is 2.89. The van der Waals surface area contributed by atoms with Gasteiger partial charge < -0.3 is 15.7 Å². The second kappa shape index (κ2) is 6.35. The molecule has 0 heterocycles. The number of phenolic OH excluding ortho intramolecular Hbond substituents is 1. The van der Waals surface area contributed by atoms with E-state index in [2.05, 4.69) is 0 Å². The number of nitrogens with zero attached hydrogens (tertiary/aromatic N) is 1. The molecule has 3 N–H and O–H groups in total. The van der Waals surface area contributed by atoms with Crippen LogP contribution in [0.4, 0.5) is 0 Å². The van der Waals surface area contributed by atoms with Crippen LogP contribution >= 0.6 is 12.2 Å². The standard InChI is InChI=1S/C13H18N2O2S/c1-3-15(7-6-12(14)18)13(17)10-8-9(2)4-5-11(10)16/h4-5,8,16H,3,6-7H2,1-2H3,(H2,14,18). The van der Waals surface area contributed by atoms with E-state index in [1.807, 2.05) is 13.8 Å². The molecule has 0 unspecified atom stereocenters. The molecular weight excluding hydrogens is 248 g/mol. The van der Waals surface area contributed by atoms with E-state index in [4.69, 9.17) is 18.0 Å². The molecule has 0 aliphatic rings. The fourth-order valence-corrected chi connectivity index (χ4v) is 1.73. The van der Waals surface area contributed by atoms with E-state index in [9.17, 15) is 9.90 Å². The van der Waals surface area contributed by atoms with Crippen LogP contribution in [0.25, 0.3) is 0 Å². The molecule has 0 spiro atoms. The number of phenols is 1. The fourth-order valence-electron chi connectivity index (χ4n) is 1.64. The molecule has 4 nitrogen and oxygen atoms in total. The van der Waals surface area contributed by atoms with Crippen LogP contribution in [-0.4, -0.2) is 34.0 Å². The van der Waals surface area contributed by atoms with Crippen molar-refractivity contribution in [3.8, 4) is 5.75 Å². The number of thiocarbonyl (C=S) groups is 1. The van der Waals surface area contributed by atoms with Gasteiger partial charge in [-0.2, -0.15) is 0 Å². The summed E-state index contributed by atoms with van der Waals surface area (Å²) >= 11 is 4.80. The van der Waals surface area contributed by atoms with Crippen LogP contribution < -0.4 is 5.73 Å². The lowest BCUT2D eigenvalue weighted by atomic mass is 10.1. The van der Waals surface area contributed by atoms with E-state index in [1.165, 1.54) is 6.07 Å². The summed E-state index contributed by atoms with van der Waals surface area (Å²) in [5.41, 5.74) is 6.68. The lowest BCUT2D eigenvalue weighted by molar-refractivity contribution is 0.0766. The van der Waals surface area contributed by atoms with E-state index >= 15 is 0 Å². The summed E-state index contributed by atoms with van der Waals surface area (Å²) in [4.78, 5) is 14.2. The number of carbonyl (C=O) groups is 1. The van der Waals surface area contributed by atoms with Crippen molar-refractivity contribution < 1.29 is 9.90 Å². The van der Waals surface area contributed by atoms with Gasteiger partial charge in [-0.25, -0.2) is 0 Å². The van der Waals surface area contributed by atoms with Crippen molar-refractivity contribution in [1.82, 2.24) is 4.90 Å². The van der Waals surface area contributed by atoms with Gasteiger partial charge in [-0.1, -0.05) is 23.8 Å². The summed E-state index contributed by atoms with van der Waals surface area (Å²) in [5, 5.41) is 9.73. The summed E-state index contributed by atoms with van der Waals surface area (Å²) in [6.07, 6.45) is 0.488. The molecule has 0 aliphatic carbocycles. The van der Waals surface area contributed by atoms with Gasteiger partial charge >= 0.3 is 0 Å². The molecule has 0 radical (unpaired) electrons. The van der Waals surface area contributed by atoms with E-state index < -0.39 is 0 Å². The van der Waals surface area contributed by atoms with Crippen LogP contribution in [0.2, 0.25) is 0 Å². The Morgan fingerprint density at radius 2 is 2.17 bits per heavy atom. The number of hydrogen-bond acceptors (Lipinski definition) is 3. The summed E-state index contributed by atoms with van der Waals surface area (Å²) in [6, 6.07) is 4.97. The first-order valence-corrected chi connectivity index (χ1v) is 6.23. The van der Waals surface area contributed by atoms with Crippen molar-refractivity contribution >= 4 is 23.1 Å². The number of amides is 1. The molecule has 18 heavy (non-hydrogen) atoms. The van der Waals surface area contributed by atoms with Crippen molar-refractivity contribution in [1.29, 1.82) is 0 Å². The van der Waals surface area contributed by atoms with Crippen LogP contribution in [-0.2, 0) is 0 Å². The highest BCUT2D eigenvalue weighted by Gasteiger charge is 2.17. The van der Waals surface area contributed by atoms with Gasteiger partial charge in [0.1, 0.15) is 5.75 Å². The lowest BCUT2D eigenvalue weighted by Crippen LogP contribution is -2.33. The van der Waals surface area contributed by atoms with E-state index in [1.54, 1.807) is 17.0 Å². The Labute approximate surface area is 112 Å². The molecule has 0 aromatic heterocycles. The van der Waals surface area contributed by atoms with E-state index in [-0.39, 0.29) is 11.7 Å². The molecule has 1 amide bonds. The number of aryl methyl sites for hydroxylation is 1. The van der Waals surface area contributed by atoms with Gasteiger partial charge in [-0.3, -0.25) is 4.79 Å². The minimum absolute atomic E-state index is 0.000579. The molecule has 1 aromatic carbocycles. The minimum atomic E-state index is -0.199. The van der Waals surface area contributed by atoms with Crippen LogP contribution in [0.5, 0.6) is 5.75 Å². The second-order valence-electron chi connectivity index (χ2n) is 4.12. The van der Waals surface area contributed by atoms with Crippen molar-refractivity contribution in [2.24, 2.45) is 5.73 Å². The lowest BCUT2D eigenvalue weighted by Gasteiger charge is -2.21. The Bertz CT molecular complexity index is 460. The van der Waals surface area contributed by atoms with Gasteiger partial charge in [0.05, 0.1) is 10.6 Å². The van der Waals surface area contributed by atoms with Crippen molar-refractivity contribution in [3.05, 3.63) is 29.3 Å². The first-order valence-electron chi connectivity index (χ1n) is 5.83. The molecule has 0 saturated carbocycles. The Morgan fingerprint density at radius 3 is 2.72 bits per heavy atom. The highest BCUT2D eigenvalue weighted by atomic mass is 32.1. The third kappa shape index (κ3) is 3.70. The van der Waals surface area contributed by atoms with E-state index in [0.29, 0.717) is 30.1 Å². The molecule has 5 heteroatoms. The highest BCUT2D eigenvalue weighted by molar-refractivity contribution is 7.80. The zero-order valence-electron chi connectivity index (χ0n) is 10.6. The molecule has 1 rings (SSSR count). The topological polar surface area (TPSA) is 66.6 Å². The maximum absolute atomic E-state index is 12.2. The normalized spacial score (nSPS) is 10.1. The van der Waals surface area contributed by atoms with Crippen molar-refractivity contribution in [3.63, 3.8) is 0 Å². The number of carbonyl (C=O) groups excluding carboxylic acids is 1. The number of aromatic hydroxyl groups is 1. The van der Waals surface area contributed by atoms with Crippen molar-refractivity contribution in [2.45, 2.75) is 20.3 Å². The fraction of sp³-hybridized carbons (Fsp3) is 0.385. The third-order valence-corrected chi connectivity index (χ3v) is 2.88. The largest absolute Gasteiger partial charge is 0.507 e. The second-order valence-corrected chi connectivity index (χ2v) is 4.65. The number of hydrogen-bond donors (Lipinski definition) is 2. The van der Waals surface area contributed by atoms with Gasteiger partial charge in [-0.05, 0) is 26.0 Å². The van der Waals surface area contributed by atoms with Gasteiger partial charge in [0.2, 0.25) is 0 Å². The Hall–Kier alpha value is -1.62. The molecular formula is C13H18N2O2S. The molecule has 1 aromatic rings. The predicted molar refractivity (Wildman–Crippen MR) is 75.8 cm³/mol. The number of nitrogens with two attached hydrogens (primary N) is 1. The van der Waals surface area contributed by atoms with Gasteiger partial charge in [0.15, 0.2) is 0 Å². The molecule has 0 saturated heterocycles. The average Bonchev–Trinajstić information content (AvgIpc) is 2.32. The monoisotopic (exact) mass is 266 g/mol. The summed E-state index contributed by atoms with van der Waals surface area (Å²) in [5.74, 6) is -0.200. The first kappa shape index (κ1) is 14.4. The maximum atomic E-state index is 12.2. The number of benzene rings is 1. The maximum Gasteiger partial charge on any atom is 0.257 e. The van der Waals surface area contributed by atoms with E-state index in [0.717, 1.165) is 5.56 Å². The van der Waals surface area contributed by atoms with Gasteiger partial charge in [-0.15, -0.1) is 0 Å². The van der Waals surface area contributed by atoms with Crippen LogP contribution in [0.15, 0.2) is 18.2 Å². The highest BCUT2D eigenvalue weighted by Crippen LogP contribution is 2.20. The van der Waals surface area contributed by atoms with Crippen LogP contribution in [0, 0.1) is 6.92 Å². The zero-order valence-corrected chi connectivity index (χ0v) is 11.5. The third-order valence-electron chi connectivity index (χ3n) is 2.68. The molecule has 0 atom stereocenters. The average molecular weight is 266 g/mol. The molecule has 0 aliphatic heterocycles. The zero-order chi connectivity index (χ0) is 13.7. The Kier molecular flexibility index (Phi) is 5.09. The molecule has 0 bridgehead atoms. The van der Waals surface area contributed by atoms with Gasteiger partial charge in [0.25, 0.3) is 5.91 Å².